The standard InChI is InChI=1S/C22H21NO8/c1-11-13-6-15-12-4-2-3-5-16(12)30-18(15)8-17(13)31-22(29)14(11)7-19(24)23(9-20(25)26)10-21(27)28/h6,8H,2-5,7,9-10H2,1H3,(H,25,26)(H,27,28)/p-2. The fourth-order valence-electron chi connectivity index (χ4n) is 4.16. The lowest BCUT2D eigenvalue weighted by Crippen LogP contribution is -2.47. The fourth-order valence-corrected chi connectivity index (χ4v) is 4.16. The number of benzene rings is 1. The number of amides is 1. The molecule has 0 atom stereocenters. The molecule has 2 heterocycles. The highest BCUT2D eigenvalue weighted by Crippen LogP contribution is 2.35. The molecule has 3 aromatic rings. The summed E-state index contributed by atoms with van der Waals surface area (Å²) in [7, 11) is 0. The number of carboxylic acids is 2. The molecule has 0 saturated carbocycles. The molecule has 0 spiro atoms. The molecular formula is C22H19NO8-2. The van der Waals surface area contributed by atoms with Crippen LogP contribution in [0.5, 0.6) is 0 Å². The normalized spacial score (nSPS) is 13.3. The van der Waals surface area contributed by atoms with Crippen molar-refractivity contribution in [1.82, 2.24) is 4.90 Å². The third kappa shape index (κ3) is 3.90. The number of furan rings is 1. The molecule has 1 amide bonds. The summed E-state index contributed by atoms with van der Waals surface area (Å²) in [6, 6.07) is 3.55. The van der Waals surface area contributed by atoms with Gasteiger partial charge >= 0.3 is 5.63 Å². The van der Waals surface area contributed by atoms with E-state index in [0.717, 1.165) is 42.4 Å². The van der Waals surface area contributed by atoms with E-state index < -0.39 is 43.0 Å². The monoisotopic (exact) mass is 425 g/mol. The van der Waals surface area contributed by atoms with E-state index in [9.17, 15) is 29.4 Å². The van der Waals surface area contributed by atoms with Crippen molar-refractivity contribution in [1.29, 1.82) is 0 Å². The van der Waals surface area contributed by atoms with E-state index in [1.807, 2.05) is 6.07 Å². The minimum atomic E-state index is -1.62. The van der Waals surface area contributed by atoms with Crippen molar-refractivity contribution in [3.05, 3.63) is 45.0 Å². The second-order valence-electron chi connectivity index (χ2n) is 7.72. The van der Waals surface area contributed by atoms with Gasteiger partial charge in [-0.3, -0.25) is 4.79 Å². The quantitative estimate of drug-likeness (QED) is 0.485. The molecule has 0 unspecified atom stereocenters. The predicted molar refractivity (Wildman–Crippen MR) is 104 cm³/mol. The molecular weight excluding hydrogens is 406 g/mol. The molecule has 0 aliphatic heterocycles. The first-order valence-corrected chi connectivity index (χ1v) is 9.92. The number of carboxylic acid groups (broad SMARTS) is 2. The molecule has 31 heavy (non-hydrogen) atoms. The van der Waals surface area contributed by atoms with Crippen LogP contribution in [0.4, 0.5) is 0 Å². The maximum Gasteiger partial charge on any atom is 0.340 e. The van der Waals surface area contributed by atoms with E-state index in [-0.39, 0.29) is 5.56 Å². The lowest BCUT2D eigenvalue weighted by atomic mass is 9.94. The first-order valence-electron chi connectivity index (χ1n) is 9.92. The molecule has 4 rings (SSSR count). The first kappa shape index (κ1) is 20.6. The minimum absolute atomic E-state index is 0.0379. The third-order valence-corrected chi connectivity index (χ3v) is 5.68. The summed E-state index contributed by atoms with van der Waals surface area (Å²) in [6.07, 6.45) is 3.37. The smallest absolute Gasteiger partial charge is 0.340 e. The van der Waals surface area contributed by atoms with Crippen molar-refractivity contribution in [3.63, 3.8) is 0 Å². The summed E-state index contributed by atoms with van der Waals surface area (Å²) in [5.41, 5.74) is 1.89. The fraction of sp³-hybridized carbons (Fsp3) is 0.364. The number of hydrogen-bond acceptors (Lipinski definition) is 8. The van der Waals surface area contributed by atoms with Gasteiger partial charge in [-0.2, -0.15) is 0 Å². The van der Waals surface area contributed by atoms with Crippen LogP contribution in [-0.4, -0.2) is 35.8 Å². The van der Waals surface area contributed by atoms with Crippen LogP contribution in [0.1, 0.15) is 35.3 Å². The summed E-state index contributed by atoms with van der Waals surface area (Å²) in [6.45, 7) is -0.179. The Morgan fingerprint density at radius 3 is 2.29 bits per heavy atom. The van der Waals surface area contributed by atoms with Crippen molar-refractivity contribution < 1.29 is 33.4 Å². The van der Waals surface area contributed by atoms with E-state index in [4.69, 9.17) is 8.83 Å². The second kappa shape index (κ2) is 7.90. The van der Waals surface area contributed by atoms with Crippen molar-refractivity contribution in [2.75, 3.05) is 13.1 Å². The zero-order valence-electron chi connectivity index (χ0n) is 16.8. The predicted octanol–water partition coefficient (Wildman–Crippen LogP) is -0.403. The van der Waals surface area contributed by atoms with Crippen molar-refractivity contribution >= 4 is 39.8 Å². The summed E-state index contributed by atoms with van der Waals surface area (Å²) in [4.78, 5) is 47.4. The highest BCUT2D eigenvalue weighted by atomic mass is 16.4. The topological polar surface area (TPSA) is 144 Å². The largest absolute Gasteiger partial charge is 0.548 e. The zero-order chi connectivity index (χ0) is 22.3. The first-order chi connectivity index (χ1) is 14.7. The number of rotatable bonds is 6. The Bertz CT molecular complexity index is 1270. The molecule has 0 radical (unpaired) electrons. The number of nitrogens with zero attached hydrogens (tertiary/aromatic N) is 1. The van der Waals surface area contributed by atoms with E-state index >= 15 is 0 Å². The number of aryl methyl sites for hydroxylation is 3. The summed E-state index contributed by atoms with van der Waals surface area (Å²) >= 11 is 0. The van der Waals surface area contributed by atoms with Gasteiger partial charge in [0.2, 0.25) is 5.91 Å². The summed E-state index contributed by atoms with van der Waals surface area (Å²) in [5.74, 6) is -3.16. The van der Waals surface area contributed by atoms with Crippen LogP contribution in [0.3, 0.4) is 0 Å². The van der Waals surface area contributed by atoms with Gasteiger partial charge < -0.3 is 33.5 Å². The highest BCUT2D eigenvalue weighted by Gasteiger charge is 2.22. The van der Waals surface area contributed by atoms with Gasteiger partial charge in [-0.15, -0.1) is 0 Å². The number of carbonyl (C=O) groups excluding carboxylic acids is 3. The van der Waals surface area contributed by atoms with Gasteiger partial charge in [0, 0.05) is 28.8 Å². The van der Waals surface area contributed by atoms with Crippen LogP contribution in [0.15, 0.2) is 25.8 Å². The lowest BCUT2D eigenvalue weighted by Gasteiger charge is -2.23. The molecule has 0 saturated heterocycles. The van der Waals surface area contributed by atoms with E-state index in [1.54, 1.807) is 13.0 Å². The Morgan fingerprint density at radius 1 is 0.968 bits per heavy atom. The average Bonchev–Trinajstić information content (AvgIpc) is 3.06. The van der Waals surface area contributed by atoms with Gasteiger partial charge in [0.05, 0.1) is 37.0 Å². The Kier molecular flexibility index (Phi) is 5.26. The van der Waals surface area contributed by atoms with Crippen LogP contribution in [-0.2, 0) is 33.6 Å². The highest BCUT2D eigenvalue weighted by molar-refractivity contribution is 5.97. The zero-order valence-corrected chi connectivity index (χ0v) is 16.8. The van der Waals surface area contributed by atoms with Gasteiger partial charge in [0.15, 0.2) is 0 Å². The number of fused-ring (bicyclic) bond motifs is 4. The van der Waals surface area contributed by atoms with Gasteiger partial charge in [0.25, 0.3) is 0 Å². The minimum Gasteiger partial charge on any atom is -0.548 e. The molecule has 2 aromatic heterocycles. The summed E-state index contributed by atoms with van der Waals surface area (Å²) in [5, 5.41) is 23.3. The van der Waals surface area contributed by atoms with Gasteiger partial charge in [-0.25, -0.2) is 4.79 Å². The Morgan fingerprint density at radius 2 is 1.61 bits per heavy atom. The molecule has 1 aromatic carbocycles. The number of hydrogen-bond donors (Lipinski definition) is 0. The molecule has 162 valence electrons. The maximum absolute atomic E-state index is 12.6. The van der Waals surface area contributed by atoms with Crippen molar-refractivity contribution in [3.8, 4) is 0 Å². The summed E-state index contributed by atoms with van der Waals surface area (Å²) < 4.78 is 11.3. The number of carbonyl (C=O) groups is 3. The third-order valence-electron chi connectivity index (χ3n) is 5.68. The molecule has 0 N–H and O–H groups in total. The second-order valence-corrected chi connectivity index (χ2v) is 7.72. The molecule has 9 nitrogen and oxygen atoms in total. The van der Waals surface area contributed by atoms with Crippen LogP contribution >= 0.6 is 0 Å². The Labute approximate surface area is 175 Å². The van der Waals surface area contributed by atoms with Crippen molar-refractivity contribution in [2.24, 2.45) is 0 Å². The maximum atomic E-state index is 12.6. The molecule has 0 fully saturated rings. The van der Waals surface area contributed by atoms with Crippen LogP contribution in [0, 0.1) is 6.92 Å². The molecule has 9 heteroatoms. The SMILES string of the molecule is Cc1c(CC(=O)N(CC(=O)[O-])CC(=O)[O-])c(=O)oc2cc3oc4c(c3cc12)CCCC4. The molecule has 1 aliphatic carbocycles. The average molecular weight is 425 g/mol. The Hall–Kier alpha value is -3.62. The number of aliphatic carboxylic acids is 2. The lowest BCUT2D eigenvalue weighted by molar-refractivity contribution is -0.309. The molecule has 0 bridgehead atoms. The van der Waals surface area contributed by atoms with Gasteiger partial charge in [0.1, 0.15) is 16.9 Å². The van der Waals surface area contributed by atoms with E-state index in [2.05, 4.69) is 0 Å². The van der Waals surface area contributed by atoms with Crippen molar-refractivity contribution in [2.45, 2.75) is 39.0 Å². The van der Waals surface area contributed by atoms with Gasteiger partial charge in [-0.05, 0) is 37.8 Å². The van der Waals surface area contributed by atoms with Gasteiger partial charge in [-0.1, -0.05) is 0 Å². The van der Waals surface area contributed by atoms with Crippen LogP contribution < -0.4 is 15.8 Å². The molecule has 1 aliphatic rings. The Balaban J connectivity index is 1.76. The van der Waals surface area contributed by atoms with Crippen LogP contribution in [0.25, 0.3) is 21.9 Å². The van der Waals surface area contributed by atoms with E-state index in [0.29, 0.717) is 27.0 Å². The van der Waals surface area contributed by atoms with E-state index in [1.165, 1.54) is 0 Å². The van der Waals surface area contributed by atoms with Crippen LogP contribution in [0.2, 0.25) is 0 Å².